The van der Waals surface area contributed by atoms with Crippen LogP contribution in [0.15, 0.2) is 0 Å². The van der Waals surface area contributed by atoms with Crippen molar-refractivity contribution in [1.29, 1.82) is 0 Å². The summed E-state index contributed by atoms with van der Waals surface area (Å²) in [5.74, 6) is 0. The minimum Gasteiger partial charge on any atom is -0.373 e. The molecule has 0 atom stereocenters. The van der Waals surface area contributed by atoms with Crippen LogP contribution in [0.5, 0.6) is 0 Å². The van der Waals surface area contributed by atoms with E-state index in [9.17, 15) is 0 Å². The molecule has 0 spiro atoms. The Bertz CT molecular complexity index is 24.3. The van der Waals surface area contributed by atoms with Gasteiger partial charge in [-0.15, -0.1) is 0 Å². The molecule has 3 nitrogen and oxygen atoms in total. The van der Waals surface area contributed by atoms with Crippen molar-refractivity contribution in [2.24, 2.45) is 0 Å². The van der Waals surface area contributed by atoms with E-state index in [4.69, 9.17) is 11.1 Å². The Labute approximate surface area is 43.9 Å². The van der Waals surface area contributed by atoms with E-state index in [0.29, 0.717) is 0 Å². The molecule has 0 heterocycles. The number of hydrogen-bond donors (Lipinski definition) is 0. The molecule has 0 rings (SSSR count). The van der Waals surface area contributed by atoms with Crippen molar-refractivity contribution < 1.29 is 27.7 Å². The van der Waals surface area contributed by atoms with Gasteiger partial charge in [0.25, 0.3) is 0 Å². The third-order valence-electron chi connectivity index (χ3n) is 0. The monoisotopic (exact) mass is 244 g/mol. The third-order valence-corrected chi connectivity index (χ3v) is 0. The molecule has 0 N–H and O–H groups in total. The van der Waals surface area contributed by atoms with Gasteiger partial charge >= 0.3 is 27.7 Å². The van der Waals surface area contributed by atoms with E-state index in [0.717, 1.165) is 0 Å². The van der Waals surface area contributed by atoms with Gasteiger partial charge in [0.1, 0.15) is 0 Å². The summed E-state index contributed by atoms with van der Waals surface area (Å²) in [5, 5.41) is 0. The van der Waals surface area contributed by atoms with Gasteiger partial charge in [0.2, 0.25) is 0 Å². The molecule has 0 aliphatic heterocycles. The normalized spacial score (nSPS) is 2.00. The predicted molar refractivity (Wildman–Crippen MR) is 10.1 cm³/mol. The molecule has 0 bridgehead atoms. The van der Waals surface area contributed by atoms with Crippen LogP contribution in [-0.4, -0.2) is 0 Å². The van der Waals surface area contributed by atoms with Gasteiger partial charge in [-0.1, -0.05) is 0 Å². The van der Waals surface area contributed by atoms with Gasteiger partial charge in [0, 0.05) is 0 Å². The molecule has 4 heteroatoms. The predicted octanol–water partition coefficient (Wildman–Crippen LogP) is 0.864. The molecule has 0 aromatic carbocycles. The van der Waals surface area contributed by atoms with Crippen LogP contribution in [0.3, 0.4) is 0 Å². The Morgan fingerprint density at radius 1 is 1.25 bits per heavy atom. The minimum atomic E-state index is 0. The second kappa shape index (κ2) is 10.6. The molecule has 0 unspecified atom stereocenters. The fraction of sp³-hybridized carbons (Fsp3) is 0. The van der Waals surface area contributed by atoms with E-state index in [-0.39, 0.29) is 27.7 Å². The van der Waals surface area contributed by atoms with E-state index in [1.807, 2.05) is 0 Å². The van der Waals surface area contributed by atoms with Gasteiger partial charge in [-0.2, -0.15) is 0 Å². The molecular weight excluding hydrogens is 243 g/mol. The first kappa shape index (κ1) is 8.87. The molecule has 0 amide bonds. The molecule has 0 radical (unpaired) electrons. The summed E-state index contributed by atoms with van der Waals surface area (Å²) in [7, 11) is 0. The summed E-state index contributed by atoms with van der Waals surface area (Å²) >= 11 is 0. The largest absolute Gasteiger partial charge is 2.00 e. The van der Waals surface area contributed by atoms with Crippen molar-refractivity contribution in [1.82, 2.24) is 0 Å². The number of rotatable bonds is 0. The maximum absolute atomic E-state index is 6.75. The summed E-state index contributed by atoms with van der Waals surface area (Å²) in [4.78, 5) is 1.50. The molecule has 0 aliphatic rings. The standard InChI is InChI=1S/Hg.N3/c;1-3-2/q+2;-1. The SMILES string of the molecule is [Hg+2].[N-]=[N+]=[N-]. The maximum Gasteiger partial charge on any atom is 2.00 e. The van der Waals surface area contributed by atoms with Crippen LogP contribution in [0.4, 0.5) is 0 Å². The molecule has 0 aliphatic carbocycles. The van der Waals surface area contributed by atoms with E-state index in [1.54, 1.807) is 0 Å². The number of hydrogen-bond acceptors (Lipinski definition) is 0. The molecule has 0 saturated heterocycles. The van der Waals surface area contributed by atoms with Crippen molar-refractivity contribution >= 4 is 0 Å². The molecule has 0 aromatic heterocycles. The average molecular weight is 243 g/mol. The minimum absolute atomic E-state index is 0. The van der Waals surface area contributed by atoms with Crippen molar-refractivity contribution in [2.45, 2.75) is 0 Å². The summed E-state index contributed by atoms with van der Waals surface area (Å²) in [6, 6.07) is 0. The van der Waals surface area contributed by atoms with Gasteiger partial charge in [-0.25, -0.2) is 0 Å². The van der Waals surface area contributed by atoms with Crippen LogP contribution in [0, 0.1) is 0 Å². The zero-order valence-corrected chi connectivity index (χ0v) is 7.55. The fourth-order valence-corrected chi connectivity index (χ4v) is 0. The van der Waals surface area contributed by atoms with Gasteiger partial charge in [-0.05, 0) is 0 Å². The van der Waals surface area contributed by atoms with Crippen LogP contribution in [0.2, 0.25) is 0 Å². The second-order valence-corrected chi connectivity index (χ2v) is 0.0894. The first-order valence-electron chi connectivity index (χ1n) is 0.400. The van der Waals surface area contributed by atoms with E-state index >= 15 is 0 Å². The zero-order chi connectivity index (χ0) is 2.71. The summed E-state index contributed by atoms with van der Waals surface area (Å²) in [6.07, 6.45) is 0. The van der Waals surface area contributed by atoms with Crippen molar-refractivity contribution in [3.63, 3.8) is 0 Å². The molecule has 16 valence electrons. The summed E-state index contributed by atoms with van der Waals surface area (Å²) in [6.45, 7) is 0. The Hall–Kier alpha value is 0.245. The maximum atomic E-state index is 6.75. The van der Waals surface area contributed by atoms with E-state index < -0.39 is 0 Å². The first-order chi connectivity index (χ1) is 1.41. The van der Waals surface area contributed by atoms with Crippen LogP contribution >= 0.6 is 0 Å². The Morgan fingerprint density at radius 2 is 1.25 bits per heavy atom. The smallest absolute Gasteiger partial charge is 0.373 e. The van der Waals surface area contributed by atoms with E-state index in [2.05, 4.69) is 0 Å². The van der Waals surface area contributed by atoms with Gasteiger partial charge < -0.3 is 11.1 Å². The Kier molecular flexibility index (Phi) is 23.4. The average Bonchev–Trinajstić information content (AvgIpc) is 0.918. The second-order valence-electron chi connectivity index (χ2n) is 0.0894. The molecular formula is HgN3+. The topological polar surface area (TPSA) is 58.7 Å². The quantitative estimate of drug-likeness (QED) is 0.262. The van der Waals surface area contributed by atoms with Crippen LogP contribution < -0.4 is 0 Å². The van der Waals surface area contributed by atoms with Crippen LogP contribution in [0.25, 0.3) is 16.0 Å². The van der Waals surface area contributed by atoms with Crippen molar-refractivity contribution in [2.75, 3.05) is 0 Å². The van der Waals surface area contributed by atoms with Gasteiger partial charge in [0.05, 0.1) is 0 Å². The van der Waals surface area contributed by atoms with Gasteiger partial charge in [0.15, 0.2) is 0 Å². The summed E-state index contributed by atoms with van der Waals surface area (Å²) < 4.78 is 0. The van der Waals surface area contributed by atoms with Crippen LogP contribution in [-0.2, 0) is 27.7 Å². The first-order valence-corrected chi connectivity index (χ1v) is 0.400. The fourth-order valence-electron chi connectivity index (χ4n) is 0. The Morgan fingerprint density at radius 3 is 1.25 bits per heavy atom. The third kappa shape index (κ3) is 57.9. The molecule has 0 fully saturated rings. The zero-order valence-electron chi connectivity index (χ0n) is 2.05. The number of nitrogens with zero attached hydrogens (tertiary/aromatic N) is 3. The molecule has 0 aromatic rings. The van der Waals surface area contributed by atoms with E-state index in [1.165, 1.54) is 4.91 Å². The Balaban J connectivity index is 0. The van der Waals surface area contributed by atoms with Crippen molar-refractivity contribution in [3.8, 4) is 0 Å². The van der Waals surface area contributed by atoms with Gasteiger partial charge in [-0.3, -0.25) is 4.91 Å². The van der Waals surface area contributed by atoms with Crippen molar-refractivity contribution in [3.05, 3.63) is 16.0 Å². The van der Waals surface area contributed by atoms with Crippen LogP contribution in [0.1, 0.15) is 0 Å². The molecule has 0 saturated carbocycles. The molecule has 4 heavy (non-hydrogen) atoms. The summed E-state index contributed by atoms with van der Waals surface area (Å²) in [5.41, 5.74) is 13.5.